The molecule has 0 amide bonds. The Morgan fingerprint density at radius 2 is 2.14 bits per heavy atom. The Morgan fingerprint density at radius 3 is 2.91 bits per heavy atom. The fraction of sp³-hybridized carbons (Fsp3) is 0.375. The first kappa shape index (κ1) is 14.7. The lowest BCUT2D eigenvalue weighted by Crippen LogP contribution is -2.37. The van der Waals surface area contributed by atoms with Crippen molar-refractivity contribution in [1.82, 2.24) is 4.90 Å². The van der Waals surface area contributed by atoms with E-state index in [0.29, 0.717) is 24.4 Å². The third kappa shape index (κ3) is 3.18. The van der Waals surface area contributed by atoms with Crippen molar-refractivity contribution in [3.8, 4) is 11.3 Å². The molecule has 6 heteroatoms. The maximum atomic E-state index is 11.1. The largest absolute Gasteiger partial charge is 0.459 e. The van der Waals surface area contributed by atoms with Gasteiger partial charge in [-0.2, -0.15) is 0 Å². The van der Waals surface area contributed by atoms with Gasteiger partial charge in [0.15, 0.2) is 0 Å². The van der Waals surface area contributed by atoms with E-state index in [0.717, 1.165) is 25.1 Å². The molecular weight excluding hydrogens is 284 g/mol. The minimum Gasteiger partial charge on any atom is -0.459 e. The van der Waals surface area contributed by atoms with E-state index in [-0.39, 0.29) is 11.8 Å². The summed E-state index contributed by atoms with van der Waals surface area (Å²) in [7, 11) is 0. The zero-order valence-corrected chi connectivity index (χ0v) is 12.1. The fourth-order valence-electron chi connectivity index (χ4n) is 2.84. The van der Waals surface area contributed by atoms with Crippen LogP contribution < -0.4 is 0 Å². The van der Waals surface area contributed by atoms with E-state index in [9.17, 15) is 15.2 Å². The van der Waals surface area contributed by atoms with E-state index >= 15 is 0 Å². The number of aliphatic hydroxyl groups excluding tert-OH is 1. The maximum absolute atomic E-state index is 11.1. The third-order valence-electron chi connectivity index (χ3n) is 3.89. The van der Waals surface area contributed by atoms with Crippen molar-refractivity contribution in [2.24, 2.45) is 0 Å². The number of para-hydroxylation sites is 1. The predicted molar refractivity (Wildman–Crippen MR) is 81.3 cm³/mol. The average Bonchev–Trinajstić information content (AvgIpc) is 2.95. The highest BCUT2D eigenvalue weighted by Gasteiger charge is 2.20. The lowest BCUT2D eigenvalue weighted by Gasteiger charge is -2.29. The van der Waals surface area contributed by atoms with Gasteiger partial charge in [0, 0.05) is 12.6 Å². The van der Waals surface area contributed by atoms with E-state index in [4.69, 9.17) is 4.42 Å². The summed E-state index contributed by atoms with van der Waals surface area (Å²) in [5.74, 6) is 1.25. The molecule has 0 aliphatic carbocycles. The van der Waals surface area contributed by atoms with E-state index < -0.39 is 4.92 Å². The summed E-state index contributed by atoms with van der Waals surface area (Å²) in [6.07, 6.45) is 1.54. The topological polar surface area (TPSA) is 79.8 Å². The minimum absolute atomic E-state index is 0.0387. The van der Waals surface area contributed by atoms with Crippen LogP contribution in [0.2, 0.25) is 0 Å². The number of likely N-dealkylation sites (tertiary alicyclic amines) is 1. The zero-order valence-electron chi connectivity index (χ0n) is 12.1. The van der Waals surface area contributed by atoms with Crippen LogP contribution in [0, 0.1) is 10.1 Å². The molecule has 1 N–H and O–H groups in total. The van der Waals surface area contributed by atoms with Crippen LogP contribution in [0.4, 0.5) is 5.69 Å². The number of rotatable bonds is 4. The second-order valence-corrected chi connectivity index (χ2v) is 5.57. The van der Waals surface area contributed by atoms with Gasteiger partial charge in [0.05, 0.1) is 23.1 Å². The molecule has 1 aliphatic rings. The molecule has 0 unspecified atom stereocenters. The van der Waals surface area contributed by atoms with Gasteiger partial charge >= 0.3 is 0 Å². The molecular formula is C16H18N2O4. The van der Waals surface area contributed by atoms with E-state index in [1.54, 1.807) is 24.3 Å². The molecule has 2 heterocycles. The molecule has 0 spiro atoms. The SMILES string of the molecule is O=[N+]([O-])c1ccccc1-c1ccc(CN2CCC[C@@H](O)C2)o1. The van der Waals surface area contributed by atoms with Crippen molar-refractivity contribution >= 4 is 5.69 Å². The van der Waals surface area contributed by atoms with Crippen molar-refractivity contribution in [2.75, 3.05) is 13.1 Å². The highest BCUT2D eigenvalue weighted by molar-refractivity contribution is 5.69. The molecule has 0 bridgehead atoms. The Morgan fingerprint density at radius 1 is 1.32 bits per heavy atom. The summed E-state index contributed by atoms with van der Waals surface area (Å²) in [5, 5.41) is 20.8. The van der Waals surface area contributed by atoms with Gasteiger partial charge in [0.25, 0.3) is 5.69 Å². The molecule has 0 saturated carbocycles. The number of furan rings is 1. The Kier molecular flexibility index (Phi) is 4.22. The smallest absolute Gasteiger partial charge is 0.280 e. The second kappa shape index (κ2) is 6.29. The number of hydrogen-bond acceptors (Lipinski definition) is 5. The number of aliphatic hydroxyl groups is 1. The van der Waals surface area contributed by atoms with E-state index in [2.05, 4.69) is 4.90 Å². The number of nitro benzene ring substituents is 1. The number of nitro groups is 1. The third-order valence-corrected chi connectivity index (χ3v) is 3.89. The Hall–Kier alpha value is -2.18. The first-order chi connectivity index (χ1) is 10.6. The average molecular weight is 302 g/mol. The number of piperidine rings is 1. The number of benzene rings is 1. The van der Waals surface area contributed by atoms with Gasteiger partial charge < -0.3 is 9.52 Å². The molecule has 1 atom stereocenters. The molecule has 0 radical (unpaired) electrons. The molecule has 1 fully saturated rings. The lowest BCUT2D eigenvalue weighted by molar-refractivity contribution is -0.384. The molecule has 1 saturated heterocycles. The van der Waals surface area contributed by atoms with Gasteiger partial charge in [-0.05, 0) is 37.6 Å². The van der Waals surface area contributed by atoms with Crippen LogP contribution >= 0.6 is 0 Å². The fourth-order valence-corrected chi connectivity index (χ4v) is 2.84. The van der Waals surface area contributed by atoms with Crippen LogP contribution in [0.5, 0.6) is 0 Å². The summed E-state index contributed by atoms with van der Waals surface area (Å²) >= 11 is 0. The first-order valence-electron chi connectivity index (χ1n) is 7.36. The Labute approximate surface area is 128 Å². The van der Waals surface area contributed by atoms with Crippen LogP contribution in [-0.2, 0) is 6.54 Å². The maximum Gasteiger partial charge on any atom is 0.280 e. The van der Waals surface area contributed by atoms with Crippen LogP contribution in [0.15, 0.2) is 40.8 Å². The van der Waals surface area contributed by atoms with Crippen molar-refractivity contribution in [2.45, 2.75) is 25.5 Å². The molecule has 3 rings (SSSR count). The van der Waals surface area contributed by atoms with Crippen molar-refractivity contribution in [1.29, 1.82) is 0 Å². The van der Waals surface area contributed by atoms with Gasteiger partial charge in [-0.1, -0.05) is 12.1 Å². The summed E-state index contributed by atoms with van der Waals surface area (Å²) < 4.78 is 5.77. The minimum atomic E-state index is -0.404. The molecule has 1 aromatic heterocycles. The standard InChI is InChI=1S/C16H18N2O4/c19-12-4-3-9-17(10-12)11-13-7-8-16(22-13)14-5-1-2-6-15(14)18(20)21/h1-2,5-8,12,19H,3-4,9-11H2/t12-/m1/s1. The predicted octanol–water partition coefficient (Wildman–Crippen LogP) is 2.81. The lowest BCUT2D eigenvalue weighted by atomic mass is 10.1. The molecule has 1 aromatic carbocycles. The van der Waals surface area contributed by atoms with Crippen molar-refractivity contribution in [3.63, 3.8) is 0 Å². The van der Waals surface area contributed by atoms with Crippen LogP contribution in [-0.4, -0.2) is 34.1 Å². The van der Waals surface area contributed by atoms with Crippen LogP contribution in [0.25, 0.3) is 11.3 Å². The highest BCUT2D eigenvalue weighted by atomic mass is 16.6. The number of hydrogen-bond donors (Lipinski definition) is 1. The first-order valence-corrected chi connectivity index (χ1v) is 7.36. The van der Waals surface area contributed by atoms with Gasteiger partial charge in [-0.3, -0.25) is 15.0 Å². The second-order valence-electron chi connectivity index (χ2n) is 5.57. The monoisotopic (exact) mass is 302 g/mol. The summed E-state index contributed by atoms with van der Waals surface area (Å²) in [6.45, 7) is 2.18. The number of nitrogens with zero attached hydrogens (tertiary/aromatic N) is 2. The summed E-state index contributed by atoms with van der Waals surface area (Å²) in [6, 6.07) is 10.2. The summed E-state index contributed by atoms with van der Waals surface area (Å²) in [5.41, 5.74) is 0.522. The van der Waals surface area contributed by atoms with Crippen molar-refractivity contribution < 1.29 is 14.4 Å². The van der Waals surface area contributed by atoms with E-state index in [1.807, 2.05) is 6.07 Å². The number of β-amino-alcohol motifs (C(OH)–C–C–N with tert-alkyl or cyclic N) is 1. The van der Waals surface area contributed by atoms with Gasteiger partial charge in [0.2, 0.25) is 0 Å². The molecule has 2 aromatic rings. The van der Waals surface area contributed by atoms with Crippen LogP contribution in [0.3, 0.4) is 0 Å². The summed E-state index contributed by atoms with van der Waals surface area (Å²) in [4.78, 5) is 12.8. The molecule has 22 heavy (non-hydrogen) atoms. The quantitative estimate of drug-likeness (QED) is 0.694. The van der Waals surface area contributed by atoms with Crippen LogP contribution in [0.1, 0.15) is 18.6 Å². The molecule has 6 nitrogen and oxygen atoms in total. The van der Waals surface area contributed by atoms with Gasteiger partial charge in [-0.15, -0.1) is 0 Å². The van der Waals surface area contributed by atoms with Gasteiger partial charge in [-0.25, -0.2) is 0 Å². The van der Waals surface area contributed by atoms with Crippen molar-refractivity contribution in [3.05, 3.63) is 52.3 Å². The zero-order chi connectivity index (χ0) is 15.5. The Balaban J connectivity index is 1.78. The van der Waals surface area contributed by atoms with E-state index in [1.165, 1.54) is 6.07 Å². The normalized spacial score (nSPS) is 19.2. The molecule has 116 valence electrons. The van der Waals surface area contributed by atoms with Gasteiger partial charge in [0.1, 0.15) is 11.5 Å². The molecule has 1 aliphatic heterocycles. The highest BCUT2D eigenvalue weighted by Crippen LogP contribution is 2.31. The Bertz CT molecular complexity index is 668.